The third-order valence-corrected chi connectivity index (χ3v) is 3.71. The van der Waals surface area contributed by atoms with E-state index < -0.39 is 0 Å². The molecule has 1 aromatic rings. The predicted molar refractivity (Wildman–Crippen MR) is 74.0 cm³/mol. The first-order valence-corrected chi connectivity index (χ1v) is 8.58. The van der Waals surface area contributed by atoms with E-state index in [1.54, 1.807) is 6.07 Å². The fraction of sp³-hybridized carbons (Fsp3) is 0.462. The smallest absolute Gasteiger partial charge is 0.229 e. The van der Waals surface area contributed by atoms with Crippen molar-refractivity contribution in [3.63, 3.8) is 0 Å². The standard InChI is InChI=1S/C13H18O3Si2/c1-13(2,12(15-17-3)16-18-4)11-7-5-6-10(8-11)9-14/h5-9,12H,1-4H3. The van der Waals surface area contributed by atoms with Crippen LogP contribution in [0.25, 0.3) is 0 Å². The fourth-order valence-corrected chi connectivity index (χ4v) is 2.89. The summed E-state index contributed by atoms with van der Waals surface area (Å²) in [5.41, 5.74) is 1.44. The quantitative estimate of drug-likeness (QED) is 0.437. The fourth-order valence-electron chi connectivity index (χ4n) is 1.68. The third-order valence-electron chi connectivity index (χ3n) is 2.81. The average molecular weight is 278 g/mol. The van der Waals surface area contributed by atoms with Gasteiger partial charge in [0.25, 0.3) is 0 Å². The van der Waals surface area contributed by atoms with Crippen LogP contribution in [-0.4, -0.2) is 32.1 Å². The van der Waals surface area contributed by atoms with Crippen molar-refractivity contribution >= 4 is 25.8 Å². The summed E-state index contributed by atoms with van der Waals surface area (Å²) in [7, 11) is 0.748. The second-order valence-electron chi connectivity index (χ2n) is 4.44. The van der Waals surface area contributed by atoms with Crippen molar-refractivity contribution in [2.24, 2.45) is 0 Å². The Kier molecular flexibility index (Phi) is 5.94. The van der Waals surface area contributed by atoms with E-state index in [0.717, 1.165) is 11.8 Å². The van der Waals surface area contributed by atoms with Crippen LogP contribution in [0.1, 0.15) is 29.8 Å². The van der Waals surface area contributed by atoms with E-state index in [2.05, 4.69) is 13.8 Å². The van der Waals surface area contributed by atoms with Gasteiger partial charge in [-0.05, 0) is 24.7 Å². The zero-order valence-corrected chi connectivity index (χ0v) is 13.2. The lowest BCUT2D eigenvalue weighted by Gasteiger charge is -2.34. The minimum Gasteiger partial charge on any atom is -0.393 e. The molecule has 0 aromatic heterocycles. The molecule has 0 atom stereocenters. The molecule has 0 N–H and O–H groups in total. The van der Waals surface area contributed by atoms with Gasteiger partial charge in [-0.1, -0.05) is 32.0 Å². The van der Waals surface area contributed by atoms with Gasteiger partial charge in [-0.15, -0.1) is 0 Å². The molecule has 0 unspecified atom stereocenters. The van der Waals surface area contributed by atoms with E-state index in [1.807, 2.05) is 31.3 Å². The molecule has 96 valence electrons. The Labute approximate surface area is 114 Å². The van der Waals surface area contributed by atoms with Crippen molar-refractivity contribution in [3.8, 4) is 0 Å². The maximum Gasteiger partial charge on any atom is 0.229 e. The molecule has 5 heteroatoms. The highest BCUT2D eigenvalue weighted by Gasteiger charge is 2.32. The van der Waals surface area contributed by atoms with E-state index in [0.29, 0.717) is 25.1 Å². The summed E-state index contributed by atoms with van der Waals surface area (Å²) in [5.74, 6) is 0. The van der Waals surface area contributed by atoms with Crippen LogP contribution in [0.4, 0.5) is 0 Å². The minimum absolute atomic E-state index is 0.286. The Balaban J connectivity index is 3.03. The van der Waals surface area contributed by atoms with Gasteiger partial charge >= 0.3 is 0 Å². The van der Waals surface area contributed by atoms with Gasteiger partial charge < -0.3 is 8.85 Å². The maximum absolute atomic E-state index is 10.8. The molecule has 0 saturated heterocycles. The molecule has 0 aliphatic rings. The molecule has 0 bridgehead atoms. The lowest BCUT2D eigenvalue weighted by molar-refractivity contribution is -0.0433. The van der Waals surface area contributed by atoms with E-state index in [1.165, 1.54) is 0 Å². The molecule has 1 rings (SSSR count). The van der Waals surface area contributed by atoms with E-state index in [-0.39, 0.29) is 11.7 Å². The van der Waals surface area contributed by atoms with E-state index in [4.69, 9.17) is 8.85 Å². The van der Waals surface area contributed by atoms with Crippen molar-refractivity contribution in [1.29, 1.82) is 0 Å². The molecule has 0 heterocycles. The minimum atomic E-state index is -0.287. The molecule has 0 spiro atoms. The van der Waals surface area contributed by atoms with Gasteiger partial charge in [0.15, 0.2) is 0 Å². The zero-order valence-electron chi connectivity index (χ0n) is 11.2. The number of rotatable bonds is 7. The molecular formula is C13H18O3Si2. The van der Waals surface area contributed by atoms with Gasteiger partial charge in [-0.25, -0.2) is 0 Å². The summed E-state index contributed by atoms with van der Waals surface area (Å²) in [4.78, 5) is 10.8. The normalized spacial score (nSPS) is 11.8. The summed E-state index contributed by atoms with van der Waals surface area (Å²) in [5, 5.41) is 0. The second-order valence-corrected chi connectivity index (χ2v) is 5.73. The highest BCUT2D eigenvalue weighted by Crippen LogP contribution is 2.30. The van der Waals surface area contributed by atoms with Crippen molar-refractivity contribution < 1.29 is 13.6 Å². The first-order valence-electron chi connectivity index (χ1n) is 5.76. The van der Waals surface area contributed by atoms with Gasteiger partial charge in [0.05, 0.1) is 0 Å². The predicted octanol–water partition coefficient (Wildman–Crippen LogP) is 2.47. The Morgan fingerprint density at radius 2 is 1.83 bits per heavy atom. The number of hydrogen-bond acceptors (Lipinski definition) is 3. The lowest BCUT2D eigenvalue weighted by atomic mass is 9.83. The summed E-state index contributed by atoms with van der Waals surface area (Å²) < 4.78 is 11.4. The Morgan fingerprint density at radius 1 is 1.22 bits per heavy atom. The second kappa shape index (κ2) is 6.99. The van der Waals surface area contributed by atoms with Crippen LogP contribution in [-0.2, 0) is 14.3 Å². The zero-order chi connectivity index (χ0) is 13.6. The topological polar surface area (TPSA) is 35.5 Å². The summed E-state index contributed by atoms with van der Waals surface area (Å²) in [6.45, 7) is 8.10. The van der Waals surface area contributed by atoms with E-state index in [9.17, 15) is 4.79 Å². The number of benzene rings is 1. The molecule has 0 amide bonds. The van der Waals surface area contributed by atoms with Gasteiger partial charge in [0.2, 0.25) is 19.5 Å². The first-order chi connectivity index (χ1) is 8.56. The van der Waals surface area contributed by atoms with Crippen molar-refractivity contribution in [2.45, 2.75) is 38.6 Å². The van der Waals surface area contributed by atoms with Crippen LogP contribution in [0.15, 0.2) is 24.3 Å². The Bertz CT molecular complexity index is 388. The SMILES string of the molecule is C[Si]OC(O[Si]C)C(C)(C)c1cccc(C=O)c1. The molecule has 0 aliphatic heterocycles. The molecule has 1 aromatic carbocycles. The van der Waals surface area contributed by atoms with Crippen LogP contribution in [0, 0.1) is 0 Å². The molecule has 0 fully saturated rings. The van der Waals surface area contributed by atoms with Crippen LogP contribution < -0.4 is 0 Å². The summed E-state index contributed by atoms with van der Waals surface area (Å²) in [6, 6.07) is 7.58. The van der Waals surface area contributed by atoms with Gasteiger partial charge in [-0.2, -0.15) is 0 Å². The molecule has 4 radical (unpaired) electrons. The van der Waals surface area contributed by atoms with Crippen molar-refractivity contribution in [1.82, 2.24) is 0 Å². The highest BCUT2D eigenvalue weighted by atomic mass is 28.2. The van der Waals surface area contributed by atoms with Crippen LogP contribution in [0.5, 0.6) is 0 Å². The largest absolute Gasteiger partial charge is 0.393 e. The molecule has 3 nitrogen and oxygen atoms in total. The number of aldehydes is 1. The molecule has 18 heavy (non-hydrogen) atoms. The monoisotopic (exact) mass is 278 g/mol. The number of carbonyl (C=O) groups excluding carboxylic acids is 1. The first kappa shape index (κ1) is 15.3. The molecule has 0 aliphatic carbocycles. The Morgan fingerprint density at radius 3 is 2.33 bits per heavy atom. The number of carbonyl (C=O) groups is 1. The summed E-state index contributed by atoms with van der Waals surface area (Å²) in [6.07, 6.45) is 0.575. The third kappa shape index (κ3) is 3.62. The van der Waals surface area contributed by atoms with Crippen LogP contribution in [0.3, 0.4) is 0 Å². The van der Waals surface area contributed by atoms with Gasteiger partial charge in [-0.3, -0.25) is 4.79 Å². The maximum atomic E-state index is 10.8. The Hall–Kier alpha value is -0.756. The summed E-state index contributed by atoms with van der Waals surface area (Å²) >= 11 is 0. The molecular weight excluding hydrogens is 260 g/mol. The average Bonchev–Trinajstić information content (AvgIpc) is 2.38. The van der Waals surface area contributed by atoms with Crippen LogP contribution >= 0.6 is 0 Å². The van der Waals surface area contributed by atoms with Gasteiger partial charge in [0.1, 0.15) is 12.6 Å². The van der Waals surface area contributed by atoms with Crippen molar-refractivity contribution in [2.75, 3.05) is 0 Å². The molecule has 0 saturated carbocycles. The number of hydrogen-bond donors (Lipinski definition) is 0. The lowest BCUT2D eigenvalue weighted by Crippen LogP contribution is -2.39. The highest BCUT2D eigenvalue weighted by molar-refractivity contribution is 6.26. The van der Waals surface area contributed by atoms with Crippen molar-refractivity contribution in [3.05, 3.63) is 35.4 Å². The van der Waals surface area contributed by atoms with E-state index >= 15 is 0 Å². The van der Waals surface area contributed by atoms with Crippen LogP contribution in [0.2, 0.25) is 13.1 Å². The van der Waals surface area contributed by atoms with Gasteiger partial charge in [0, 0.05) is 11.0 Å².